The van der Waals surface area contributed by atoms with Crippen molar-refractivity contribution in [3.8, 4) is 0 Å². The fourth-order valence-electron chi connectivity index (χ4n) is 5.53. The number of amidine groups is 2. The largest absolute Gasteiger partial charge is 0.397 e. The molecule has 0 spiro atoms. The van der Waals surface area contributed by atoms with E-state index in [0.717, 1.165) is 36.7 Å². The number of pyridine rings is 1. The average molecular weight is 740 g/mol. The molecule has 3 unspecified atom stereocenters. The van der Waals surface area contributed by atoms with E-state index in [2.05, 4.69) is 25.2 Å². The highest BCUT2D eigenvalue weighted by molar-refractivity contribution is 6.11. The van der Waals surface area contributed by atoms with Crippen molar-refractivity contribution in [2.24, 2.45) is 21.5 Å². The number of aromatic nitrogens is 5. The number of likely N-dealkylation sites (tertiary alicyclic amines) is 1. The van der Waals surface area contributed by atoms with Gasteiger partial charge in [0.15, 0.2) is 11.7 Å². The maximum absolute atomic E-state index is 9.74. The number of nitrogens with zero attached hydrogens (tertiary/aromatic N) is 9. The summed E-state index contributed by atoms with van der Waals surface area (Å²) in [5.74, 6) is 2.81. The van der Waals surface area contributed by atoms with Crippen LogP contribution in [0.2, 0.25) is 0 Å². The molecule has 20 heteroatoms. The molecule has 3 aliphatic heterocycles. The van der Waals surface area contributed by atoms with Gasteiger partial charge >= 0.3 is 0 Å². The Hall–Kier alpha value is -4.49. The van der Waals surface area contributed by atoms with Gasteiger partial charge in [-0.05, 0) is 52.7 Å². The van der Waals surface area contributed by atoms with Crippen LogP contribution in [0.3, 0.4) is 0 Å². The molecule has 16 N–H and O–H groups in total. The SMILES string of the molecule is CCn1nc(C)c(N)c1N.CCn1nc(C)c(N=C2N=C(N3CCC(O)C3)C(N)C=C2N)c1N.Cl.Cl.Nc1cnc(N2CCC(O)C2)c(N)c1. The number of rotatable bonds is 4. The van der Waals surface area contributed by atoms with E-state index >= 15 is 0 Å². The maximum Gasteiger partial charge on any atom is 0.177 e. The minimum Gasteiger partial charge on any atom is -0.397 e. The number of β-amino-alcohol motifs (C(OH)–C–C–N with tert-alkyl or cyclic N) is 2. The number of hydrogen-bond acceptors (Lipinski definition) is 15. The average Bonchev–Trinajstić information content (AvgIpc) is 3.80. The van der Waals surface area contributed by atoms with Crippen LogP contribution >= 0.6 is 24.8 Å². The predicted octanol–water partition coefficient (Wildman–Crippen LogP) is 0.509. The lowest BCUT2D eigenvalue weighted by molar-refractivity contribution is 0.188. The van der Waals surface area contributed by atoms with Gasteiger partial charge in [0.2, 0.25) is 0 Å². The third-order valence-electron chi connectivity index (χ3n) is 8.17. The zero-order chi connectivity index (χ0) is 35.3. The minimum atomic E-state index is -0.411. The van der Waals surface area contributed by atoms with E-state index in [1.54, 1.807) is 27.7 Å². The van der Waals surface area contributed by atoms with Gasteiger partial charge in [0.25, 0.3) is 0 Å². The third-order valence-corrected chi connectivity index (χ3v) is 8.17. The number of hydrogen-bond donors (Lipinski definition) is 9. The molecule has 6 rings (SSSR count). The summed E-state index contributed by atoms with van der Waals surface area (Å²) in [5, 5.41) is 27.6. The number of aliphatic hydroxyl groups excluding tert-OH is 2. The van der Waals surface area contributed by atoms with E-state index < -0.39 is 6.04 Å². The van der Waals surface area contributed by atoms with Crippen LogP contribution in [0.15, 0.2) is 34.0 Å². The van der Waals surface area contributed by atoms with Crippen LogP contribution in [0.1, 0.15) is 38.1 Å². The zero-order valence-electron chi connectivity index (χ0n) is 28.9. The fraction of sp³-hybridized carbons (Fsp3) is 0.500. The Kier molecular flexibility index (Phi) is 15.0. The Balaban J connectivity index is 0.000000283. The fourth-order valence-corrected chi connectivity index (χ4v) is 5.53. The Morgan fingerprint density at radius 2 is 1.40 bits per heavy atom. The number of halogens is 2. The predicted molar refractivity (Wildman–Crippen MR) is 206 cm³/mol. The van der Waals surface area contributed by atoms with Crippen molar-refractivity contribution in [1.82, 2.24) is 29.4 Å². The molecule has 278 valence electrons. The van der Waals surface area contributed by atoms with Gasteiger partial charge in [0.1, 0.15) is 23.2 Å². The summed E-state index contributed by atoms with van der Waals surface area (Å²) in [5.41, 5.74) is 45.0. The molecule has 0 saturated carbocycles. The molecule has 0 amide bonds. The van der Waals surface area contributed by atoms with E-state index in [0.29, 0.717) is 84.4 Å². The van der Waals surface area contributed by atoms with Gasteiger partial charge in [0, 0.05) is 39.3 Å². The van der Waals surface area contributed by atoms with Crippen LogP contribution in [0.4, 0.5) is 40.2 Å². The first-order valence-electron chi connectivity index (χ1n) is 15.9. The highest BCUT2D eigenvalue weighted by Gasteiger charge is 2.29. The van der Waals surface area contributed by atoms with Gasteiger partial charge in [-0.2, -0.15) is 10.2 Å². The molecule has 2 saturated heterocycles. The van der Waals surface area contributed by atoms with Gasteiger partial charge < -0.3 is 60.1 Å². The second-order valence-corrected chi connectivity index (χ2v) is 11.8. The van der Waals surface area contributed by atoms with Crippen LogP contribution in [-0.2, 0) is 13.1 Å². The summed E-state index contributed by atoms with van der Waals surface area (Å²) in [7, 11) is 0. The van der Waals surface area contributed by atoms with Gasteiger partial charge in [-0.3, -0.25) is 0 Å². The molecule has 0 bridgehead atoms. The number of nitrogens with two attached hydrogens (primary N) is 7. The summed E-state index contributed by atoms with van der Waals surface area (Å²) >= 11 is 0. The highest BCUT2D eigenvalue weighted by atomic mass is 35.5. The third kappa shape index (κ3) is 9.60. The Morgan fingerprint density at radius 1 is 0.840 bits per heavy atom. The molecule has 6 heterocycles. The molecule has 0 radical (unpaired) electrons. The van der Waals surface area contributed by atoms with Crippen LogP contribution < -0.4 is 45.0 Å². The number of anilines is 6. The molecule has 18 nitrogen and oxygen atoms in total. The van der Waals surface area contributed by atoms with Crippen molar-refractivity contribution in [3.63, 3.8) is 0 Å². The Labute approximate surface area is 304 Å². The first-order valence-corrected chi connectivity index (χ1v) is 15.9. The zero-order valence-corrected chi connectivity index (χ0v) is 30.5. The van der Waals surface area contributed by atoms with Gasteiger partial charge in [-0.1, -0.05) is 0 Å². The van der Waals surface area contributed by atoms with Crippen molar-refractivity contribution in [2.75, 3.05) is 59.7 Å². The van der Waals surface area contributed by atoms with E-state index in [4.69, 9.17) is 40.1 Å². The van der Waals surface area contributed by atoms with E-state index in [1.807, 2.05) is 37.5 Å². The highest BCUT2D eigenvalue weighted by Crippen LogP contribution is 2.28. The molecule has 50 heavy (non-hydrogen) atoms. The quantitative estimate of drug-likeness (QED) is 0.176. The number of aryl methyl sites for hydroxylation is 4. The lowest BCUT2D eigenvalue weighted by Gasteiger charge is -2.26. The maximum atomic E-state index is 9.74. The van der Waals surface area contributed by atoms with Crippen molar-refractivity contribution in [1.29, 1.82) is 0 Å². The van der Waals surface area contributed by atoms with Gasteiger partial charge in [-0.25, -0.2) is 24.3 Å². The smallest absolute Gasteiger partial charge is 0.177 e. The van der Waals surface area contributed by atoms with Crippen molar-refractivity contribution in [2.45, 2.75) is 71.9 Å². The molecular formula is C30H52Cl2N16O2. The molecule has 3 atom stereocenters. The van der Waals surface area contributed by atoms with Gasteiger partial charge in [0.05, 0.1) is 58.6 Å². The summed E-state index contributed by atoms with van der Waals surface area (Å²) in [4.78, 5) is 17.2. The van der Waals surface area contributed by atoms with Gasteiger partial charge in [-0.15, -0.1) is 24.8 Å². The molecule has 0 aliphatic carbocycles. The van der Waals surface area contributed by atoms with Crippen LogP contribution in [0, 0.1) is 13.8 Å². The Morgan fingerprint density at radius 3 is 1.86 bits per heavy atom. The molecule has 0 aromatic carbocycles. The van der Waals surface area contributed by atoms with Crippen molar-refractivity contribution < 1.29 is 10.2 Å². The monoisotopic (exact) mass is 738 g/mol. The first kappa shape index (κ1) is 41.7. The van der Waals surface area contributed by atoms with Crippen LogP contribution in [0.25, 0.3) is 0 Å². The first-order chi connectivity index (χ1) is 22.7. The summed E-state index contributed by atoms with van der Waals surface area (Å²) in [6.45, 7) is 11.7. The second kappa shape index (κ2) is 18.0. The summed E-state index contributed by atoms with van der Waals surface area (Å²) < 4.78 is 3.37. The lowest BCUT2D eigenvalue weighted by Crippen LogP contribution is -2.45. The standard InChI is InChI=1S/C15H24N8O.C9H14N4O.C6H12N4.2ClH/c1-3-23-13(18)12(8(2)21-23)19-14-10(16)6-11(17)15(20-14)22-5-4-9(24)7-22;10-6-3-8(11)9(12-4-6)13-2-1-7(14)5-13;1-3-10-6(8)5(7)4(2)9-10;;/h6,9,11,24H,3-5,7,16-18H2,1-2H3;3-4,7,14H,1-2,5,10-11H2;3,7-8H2,1-2H3;2*1H. The summed E-state index contributed by atoms with van der Waals surface area (Å²) in [6, 6.07) is 1.28. The van der Waals surface area contributed by atoms with Crippen molar-refractivity contribution >= 4 is 76.7 Å². The molecule has 2 fully saturated rings. The minimum absolute atomic E-state index is 0. The normalized spacial score (nSPS) is 20.5. The van der Waals surface area contributed by atoms with Crippen molar-refractivity contribution in [3.05, 3.63) is 35.4 Å². The number of aliphatic hydroxyl groups is 2. The number of aliphatic imine (C=N–C) groups is 2. The van der Waals surface area contributed by atoms with E-state index in [9.17, 15) is 10.2 Å². The molecular weight excluding hydrogens is 687 g/mol. The van der Waals surface area contributed by atoms with Crippen LogP contribution in [0.5, 0.6) is 0 Å². The summed E-state index contributed by atoms with van der Waals surface area (Å²) in [6.07, 6.45) is 4.15. The van der Waals surface area contributed by atoms with Crippen LogP contribution in [-0.4, -0.2) is 95.8 Å². The Bertz CT molecular complexity index is 1690. The second-order valence-electron chi connectivity index (χ2n) is 11.8. The molecule has 3 aromatic heterocycles. The lowest BCUT2D eigenvalue weighted by atomic mass is 10.1. The molecule has 3 aliphatic rings. The number of dihydropyridines is 1. The molecule has 3 aromatic rings. The van der Waals surface area contributed by atoms with E-state index in [1.165, 1.54) is 0 Å². The number of nitrogen functional groups attached to an aromatic ring is 5. The van der Waals surface area contributed by atoms with E-state index in [-0.39, 0.29) is 37.0 Å². The topological polar surface area (TPSA) is 302 Å².